The van der Waals surface area contributed by atoms with Crippen LogP contribution in [0.1, 0.15) is 24.0 Å². The lowest BCUT2D eigenvalue weighted by atomic mass is 9.75. The number of amides is 2. The van der Waals surface area contributed by atoms with E-state index >= 15 is 0 Å². The number of aliphatic hydroxyl groups excluding tert-OH is 1. The van der Waals surface area contributed by atoms with Crippen molar-refractivity contribution < 1.29 is 14.3 Å². The number of anilines is 1. The van der Waals surface area contributed by atoms with Crippen molar-refractivity contribution in [3.05, 3.63) is 65.5 Å². The first kappa shape index (κ1) is 19.9. The van der Waals surface area contributed by atoms with Gasteiger partial charge in [-0.1, -0.05) is 24.3 Å². The average molecular weight is 397 g/mol. The van der Waals surface area contributed by atoms with Gasteiger partial charge in [0.05, 0.1) is 6.61 Å². The van der Waals surface area contributed by atoms with E-state index < -0.39 is 0 Å². The van der Waals surface area contributed by atoms with E-state index in [9.17, 15) is 14.3 Å². The predicted molar refractivity (Wildman–Crippen MR) is 111 cm³/mol. The minimum Gasteiger partial charge on any atom is -0.396 e. The van der Waals surface area contributed by atoms with Gasteiger partial charge in [-0.15, -0.1) is 0 Å². The number of aliphatic hydroxyl groups is 1. The van der Waals surface area contributed by atoms with Gasteiger partial charge >= 0.3 is 6.03 Å². The zero-order valence-electron chi connectivity index (χ0n) is 16.6. The molecule has 2 aromatic carbocycles. The Bertz CT molecular complexity index is 840. The molecule has 4 rings (SSSR count). The van der Waals surface area contributed by atoms with E-state index in [-0.39, 0.29) is 23.9 Å². The van der Waals surface area contributed by atoms with Gasteiger partial charge in [0.25, 0.3) is 0 Å². The van der Waals surface area contributed by atoms with Crippen LogP contribution in [-0.4, -0.2) is 48.8 Å². The Labute approximate surface area is 171 Å². The maximum atomic E-state index is 13.2. The van der Waals surface area contributed by atoms with E-state index in [2.05, 4.69) is 22.3 Å². The van der Waals surface area contributed by atoms with Gasteiger partial charge < -0.3 is 10.4 Å². The summed E-state index contributed by atoms with van der Waals surface area (Å²) in [5.74, 6) is -0.230. The van der Waals surface area contributed by atoms with Crippen LogP contribution in [-0.2, 0) is 13.0 Å². The Morgan fingerprint density at radius 3 is 2.41 bits per heavy atom. The van der Waals surface area contributed by atoms with E-state index in [1.54, 1.807) is 4.90 Å². The highest BCUT2D eigenvalue weighted by Crippen LogP contribution is 2.34. The third-order valence-electron chi connectivity index (χ3n) is 6.08. The fourth-order valence-corrected chi connectivity index (χ4v) is 4.57. The summed E-state index contributed by atoms with van der Waals surface area (Å²) in [6.45, 7) is 4.15. The lowest BCUT2D eigenvalue weighted by Gasteiger charge is -2.42. The van der Waals surface area contributed by atoms with Gasteiger partial charge in [-0.25, -0.2) is 9.18 Å². The summed E-state index contributed by atoms with van der Waals surface area (Å²) < 4.78 is 13.2. The van der Waals surface area contributed by atoms with Crippen molar-refractivity contribution in [2.45, 2.75) is 25.8 Å². The molecule has 2 N–H and O–H groups in total. The lowest BCUT2D eigenvalue weighted by Crippen LogP contribution is -2.46. The number of piperidine rings is 1. The van der Waals surface area contributed by atoms with Gasteiger partial charge in [-0.05, 0) is 61.2 Å². The monoisotopic (exact) mass is 397 g/mol. The molecule has 0 spiro atoms. The molecule has 0 saturated carbocycles. The molecule has 2 amide bonds. The van der Waals surface area contributed by atoms with Crippen LogP contribution < -0.4 is 10.2 Å². The number of nitrogens with one attached hydrogen (secondary N) is 1. The molecular weight excluding hydrogens is 369 g/mol. The second-order valence-corrected chi connectivity index (χ2v) is 8.33. The summed E-state index contributed by atoms with van der Waals surface area (Å²) in [6.07, 6.45) is 2.76. The molecular formula is C23H28FN3O2. The molecule has 2 fully saturated rings. The smallest absolute Gasteiger partial charge is 0.321 e. The van der Waals surface area contributed by atoms with Crippen molar-refractivity contribution in [1.29, 1.82) is 0 Å². The number of hydrogen-bond acceptors (Lipinski definition) is 3. The summed E-state index contributed by atoms with van der Waals surface area (Å²) in [7, 11) is 0. The van der Waals surface area contributed by atoms with Gasteiger partial charge in [0.15, 0.2) is 0 Å². The number of nitrogens with zero attached hydrogens (tertiary/aromatic N) is 2. The molecule has 5 nitrogen and oxygen atoms in total. The highest BCUT2D eigenvalue weighted by atomic mass is 19.1. The molecule has 0 radical (unpaired) electrons. The van der Waals surface area contributed by atoms with E-state index in [0.29, 0.717) is 13.1 Å². The number of benzene rings is 2. The molecule has 0 unspecified atom stereocenters. The van der Waals surface area contributed by atoms with Crippen LogP contribution in [0.2, 0.25) is 0 Å². The first-order chi connectivity index (χ1) is 14.1. The summed E-state index contributed by atoms with van der Waals surface area (Å²) >= 11 is 0. The first-order valence-electron chi connectivity index (χ1n) is 10.3. The molecule has 2 aliphatic heterocycles. The molecule has 0 aliphatic carbocycles. The molecule has 29 heavy (non-hydrogen) atoms. The van der Waals surface area contributed by atoms with E-state index in [4.69, 9.17) is 0 Å². The van der Waals surface area contributed by atoms with Crippen LogP contribution in [0.15, 0.2) is 48.5 Å². The van der Waals surface area contributed by atoms with Crippen molar-refractivity contribution in [3.63, 3.8) is 0 Å². The molecule has 2 aliphatic rings. The van der Waals surface area contributed by atoms with E-state index in [1.807, 2.05) is 24.3 Å². The van der Waals surface area contributed by atoms with Crippen LogP contribution in [0.25, 0.3) is 0 Å². The maximum Gasteiger partial charge on any atom is 0.321 e. The van der Waals surface area contributed by atoms with Gasteiger partial charge in [0, 0.05) is 37.3 Å². The third kappa shape index (κ3) is 4.60. The van der Waals surface area contributed by atoms with Crippen LogP contribution in [0, 0.1) is 11.2 Å². The Kier molecular flexibility index (Phi) is 5.83. The number of urea groups is 1. The molecule has 1 atom stereocenters. The maximum absolute atomic E-state index is 13.2. The molecule has 2 aromatic rings. The van der Waals surface area contributed by atoms with Crippen LogP contribution in [0.3, 0.4) is 0 Å². The number of likely N-dealkylation sites (tertiary alicyclic amines) is 1. The summed E-state index contributed by atoms with van der Waals surface area (Å²) in [5.41, 5.74) is 2.99. The second kappa shape index (κ2) is 8.51. The number of halogens is 1. The largest absolute Gasteiger partial charge is 0.396 e. The van der Waals surface area contributed by atoms with Crippen LogP contribution >= 0.6 is 0 Å². The number of rotatable bonds is 6. The normalized spacial score (nSPS) is 22.7. The van der Waals surface area contributed by atoms with Gasteiger partial charge in [-0.3, -0.25) is 9.80 Å². The first-order valence-corrected chi connectivity index (χ1v) is 10.3. The molecule has 0 aromatic heterocycles. The zero-order valence-corrected chi connectivity index (χ0v) is 16.6. The van der Waals surface area contributed by atoms with Gasteiger partial charge in [0.1, 0.15) is 5.82 Å². The van der Waals surface area contributed by atoms with Gasteiger partial charge in [-0.2, -0.15) is 0 Å². The van der Waals surface area contributed by atoms with Crippen LogP contribution in [0.4, 0.5) is 14.9 Å². The molecule has 154 valence electrons. The fourth-order valence-electron chi connectivity index (χ4n) is 4.57. The van der Waals surface area contributed by atoms with Crippen molar-refractivity contribution in [2.24, 2.45) is 5.41 Å². The highest BCUT2D eigenvalue weighted by molar-refractivity contribution is 5.93. The minimum absolute atomic E-state index is 0.0395. The van der Waals surface area contributed by atoms with E-state index in [0.717, 1.165) is 50.1 Å². The Hall–Kier alpha value is -2.44. The molecule has 2 heterocycles. The summed E-state index contributed by atoms with van der Waals surface area (Å²) in [4.78, 5) is 16.0. The number of carbonyl (C=O) groups is 1. The summed E-state index contributed by atoms with van der Waals surface area (Å²) in [5, 5.41) is 13.0. The lowest BCUT2D eigenvalue weighted by molar-refractivity contribution is 0.0288. The van der Waals surface area contributed by atoms with Crippen molar-refractivity contribution in [3.8, 4) is 0 Å². The Morgan fingerprint density at radius 2 is 1.76 bits per heavy atom. The average Bonchev–Trinajstić information content (AvgIpc) is 3.16. The van der Waals surface area contributed by atoms with Crippen molar-refractivity contribution in [1.82, 2.24) is 10.2 Å². The fraction of sp³-hybridized carbons (Fsp3) is 0.435. The topological polar surface area (TPSA) is 55.8 Å². The second-order valence-electron chi connectivity index (χ2n) is 8.33. The molecule has 6 heteroatoms. The van der Waals surface area contributed by atoms with E-state index in [1.165, 1.54) is 17.7 Å². The molecule has 0 bridgehead atoms. The van der Waals surface area contributed by atoms with Gasteiger partial charge in [0.2, 0.25) is 0 Å². The molecule has 2 saturated heterocycles. The number of hydrogen-bond donors (Lipinski definition) is 2. The standard InChI is InChI=1S/C23H28FN3O2/c24-20-6-2-18(3-7-20)14-23(17-28)10-1-12-26(16-23)15-19-4-8-21(9-5-19)27-13-11-25-22(27)29/h2-9,28H,1,10-17H2,(H,25,29)/t23-/m1/s1. The predicted octanol–water partition coefficient (Wildman–Crippen LogP) is 3.17. The minimum atomic E-state index is -0.230. The zero-order chi connectivity index (χ0) is 20.3. The Balaban J connectivity index is 1.41. The quantitative estimate of drug-likeness (QED) is 0.787. The Morgan fingerprint density at radius 1 is 1.03 bits per heavy atom. The van der Waals surface area contributed by atoms with Crippen LogP contribution in [0.5, 0.6) is 0 Å². The van der Waals surface area contributed by atoms with Crippen molar-refractivity contribution >= 4 is 11.7 Å². The SMILES string of the molecule is O=C1NCCN1c1ccc(CN2CCC[C@@](CO)(Cc3ccc(F)cc3)C2)cc1. The summed E-state index contributed by atoms with van der Waals surface area (Å²) in [6, 6.07) is 14.7. The third-order valence-corrected chi connectivity index (χ3v) is 6.08. The van der Waals surface area contributed by atoms with Crippen molar-refractivity contribution in [2.75, 3.05) is 37.7 Å². The highest BCUT2D eigenvalue weighted by Gasteiger charge is 2.35. The number of carbonyl (C=O) groups excluding carboxylic acids is 1.